The molecular weight excluding hydrogens is 499 g/mol. The molecule has 6 nitrogen and oxygen atoms in total. The summed E-state index contributed by atoms with van der Waals surface area (Å²) in [6.07, 6.45) is 3.99. The Labute approximate surface area is 220 Å². The zero-order valence-corrected chi connectivity index (χ0v) is 22.4. The predicted octanol–water partition coefficient (Wildman–Crippen LogP) is 6.28. The molecule has 0 atom stereocenters. The van der Waals surface area contributed by atoms with Gasteiger partial charge in [0.15, 0.2) is 12.0 Å². The number of nitrogens with one attached hydrogen (secondary N) is 1. The number of likely N-dealkylation sites (tertiary alicyclic amines) is 1. The van der Waals surface area contributed by atoms with E-state index in [1.165, 1.54) is 49.4 Å². The molecule has 0 spiro atoms. The van der Waals surface area contributed by atoms with E-state index >= 15 is 0 Å². The van der Waals surface area contributed by atoms with Crippen molar-refractivity contribution in [1.82, 2.24) is 19.9 Å². The van der Waals surface area contributed by atoms with Crippen LogP contribution in [0.15, 0.2) is 47.0 Å². The second kappa shape index (κ2) is 12.1. The van der Waals surface area contributed by atoms with Crippen molar-refractivity contribution in [2.75, 3.05) is 20.1 Å². The average molecular weight is 531 g/mol. The van der Waals surface area contributed by atoms with Gasteiger partial charge in [-0.2, -0.15) is 0 Å². The van der Waals surface area contributed by atoms with Crippen LogP contribution in [0.2, 0.25) is 4.34 Å². The summed E-state index contributed by atoms with van der Waals surface area (Å²) >= 11 is 7.36. The van der Waals surface area contributed by atoms with Crippen LogP contribution in [0.5, 0.6) is 0 Å². The minimum absolute atomic E-state index is 0.321. The highest BCUT2D eigenvalue weighted by Gasteiger charge is 2.19. The zero-order valence-electron chi connectivity index (χ0n) is 20.8. The van der Waals surface area contributed by atoms with Crippen LogP contribution >= 0.6 is 22.9 Å². The number of aryl methyl sites for hydroxylation is 2. The zero-order chi connectivity index (χ0) is 25.7. The number of hydrogen-bond acceptors (Lipinski definition) is 6. The van der Waals surface area contributed by atoms with E-state index < -0.39 is 0 Å². The minimum Gasteiger partial charge on any atom is -0.355 e. The van der Waals surface area contributed by atoms with E-state index in [2.05, 4.69) is 36.3 Å². The molecule has 0 bridgehead atoms. The molecule has 4 heterocycles. The van der Waals surface area contributed by atoms with Crippen molar-refractivity contribution in [2.45, 2.75) is 51.7 Å². The van der Waals surface area contributed by atoms with Crippen molar-refractivity contribution in [3.05, 3.63) is 64.0 Å². The molecule has 1 aliphatic heterocycles. The van der Waals surface area contributed by atoms with Crippen LogP contribution in [0, 0.1) is 5.82 Å². The number of aromatic nitrogens is 2. The molecule has 192 valence electrons. The molecule has 1 N–H and O–H groups in total. The highest BCUT2D eigenvalue weighted by Crippen LogP contribution is 2.31. The first-order valence-electron chi connectivity index (χ1n) is 12.2. The first-order valence-corrected chi connectivity index (χ1v) is 13.4. The van der Waals surface area contributed by atoms with Gasteiger partial charge in [-0.3, -0.25) is 4.79 Å². The summed E-state index contributed by atoms with van der Waals surface area (Å²) in [5, 5.41) is 8.12. The largest absolute Gasteiger partial charge is 0.355 e. The van der Waals surface area contributed by atoms with Crippen LogP contribution in [-0.2, 0) is 13.0 Å². The summed E-state index contributed by atoms with van der Waals surface area (Å²) < 4.78 is 21.3. The standard InChI is InChI=1S/C18H12ClFN2O2S.C9H20N2/c19-18-4-3-17(25-18)16-9-13(21-24-16)5-6-22-14(10-23)8-11-7-12(20)1-2-15(11)22;1-8(2)11-6-4-9(10-3)5-7-11/h1-4,7-10H,5-6H2;8-10H,4-7H2,1-3H3. The lowest BCUT2D eigenvalue weighted by molar-refractivity contribution is 0.111. The van der Waals surface area contributed by atoms with Gasteiger partial charge in [0.2, 0.25) is 0 Å². The number of carbonyl (C=O) groups is 1. The average Bonchev–Trinajstić information content (AvgIpc) is 3.61. The Morgan fingerprint density at radius 3 is 2.64 bits per heavy atom. The van der Waals surface area contributed by atoms with E-state index in [9.17, 15) is 9.18 Å². The summed E-state index contributed by atoms with van der Waals surface area (Å²) in [5.74, 6) is 0.347. The number of rotatable bonds is 7. The third-order valence-corrected chi connectivity index (χ3v) is 7.90. The van der Waals surface area contributed by atoms with E-state index in [-0.39, 0.29) is 5.82 Å². The highest BCUT2D eigenvalue weighted by molar-refractivity contribution is 7.19. The monoisotopic (exact) mass is 530 g/mol. The van der Waals surface area contributed by atoms with Crippen LogP contribution < -0.4 is 5.32 Å². The van der Waals surface area contributed by atoms with Gasteiger partial charge in [-0.1, -0.05) is 16.8 Å². The van der Waals surface area contributed by atoms with E-state index in [0.29, 0.717) is 34.1 Å². The van der Waals surface area contributed by atoms with Gasteiger partial charge in [0.1, 0.15) is 5.82 Å². The maximum absolute atomic E-state index is 13.4. The van der Waals surface area contributed by atoms with Crippen molar-refractivity contribution in [2.24, 2.45) is 0 Å². The van der Waals surface area contributed by atoms with Gasteiger partial charge in [0.25, 0.3) is 0 Å². The molecule has 0 aliphatic carbocycles. The maximum atomic E-state index is 13.4. The third kappa shape index (κ3) is 6.42. The highest BCUT2D eigenvalue weighted by atomic mass is 35.5. The van der Waals surface area contributed by atoms with Gasteiger partial charge in [0.05, 0.1) is 20.6 Å². The van der Waals surface area contributed by atoms with Gasteiger partial charge in [0, 0.05) is 42.0 Å². The quantitative estimate of drug-likeness (QED) is 0.285. The molecule has 1 aliphatic rings. The van der Waals surface area contributed by atoms with Crippen molar-refractivity contribution < 1.29 is 13.7 Å². The lowest BCUT2D eigenvalue weighted by Gasteiger charge is -2.34. The SMILES string of the molecule is CNC1CCN(C(C)C)CC1.O=Cc1cc2cc(F)ccc2n1CCc1cc(-c2ccc(Cl)s2)on1. The number of hydrogen-bond donors (Lipinski definition) is 1. The number of nitrogens with zero attached hydrogens (tertiary/aromatic N) is 3. The van der Waals surface area contributed by atoms with Gasteiger partial charge < -0.3 is 19.3 Å². The Kier molecular flexibility index (Phi) is 8.95. The fourth-order valence-electron chi connectivity index (χ4n) is 4.53. The Morgan fingerprint density at radius 2 is 2.00 bits per heavy atom. The van der Waals surface area contributed by atoms with Gasteiger partial charge >= 0.3 is 0 Å². The lowest BCUT2D eigenvalue weighted by Crippen LogP contribution is -2.43. The van der Waals surface area contributed by atoms with Crippen LogP contribution in [0.1, 0.15) is 42.9 Å². The summed E-state index contributed by atoms with van der Waals surface area (Å²) in [7, 11) is 2.07. The number of aldehydes is 1. The Bertz CT molecular complexity index is 1290. The molecule has 0 unspecified atom stereocenters. The van der Waals surface area contributed by atoms with Crippen molar-refractivity contribution in [1.29, 1.82) is 0 Å². The van der Waals surface area contributed by atoms with Crippen LogP contribution in [0.3, 0.4) is 0 Å². The van der Waals surface area contributed by atoms with Crippen molar-refractivity contribution in [3.63, 3.8) is 0 Å². The molecule has 4 aromatic rings. The molecule has 0 saturated carbocycles. The van der Waals surface area contributed by atoms with E-state index in [0.717, 1.165) is 34.5 Å². The second-order valence-corrected chi connectivity index (χ2v) is 11.0. The van der Waals surface area contributed by atoms with Crippen molar-refractivity contribution >= 4 is 40.1 Å². The Morgan fingerprint density at radius 1 is 1.22 bits per heavy atom. The van der Waals surface area contributed by atoms with E-state index in [1.807, 2.05) is 22.8 Å². The number of thiophene rings is 1. The Balaban J connectivity index is 0.000000233. The van der Waals surface area contributed by atoms with E-state index in [4.69, 9.17) is 16.1 Å². The van der Waals surface area contributed by atoms with Gasteiger partial charge in [-0.05, 0) is 83.2 Å². The lowest BCUT2D eigenvalue weighted by atomic mass is 10.0. The molecule has 1 fully saturated rings. The fourth-order valence-corrected chi connectivity index (χ4v) is 5.53. The normalized spacial score (nSPS) is 14.8. The molecule has 0 amide bonds. The summed E-state index contributed by atoms with van der Waals surface area (Å²) in [6, 6.07) is 13.2. The topological polar surface area (TPSA) is 63.3 Å². The number of piperidine rings is 1. The minimum atomic E-state index is -0.321. The molecule has 9 heteroatoms. The molecular formula is C27H32ClFN4O2S. The number of carbonyl (C=O) groups excluding carboxylic acids is 1. The molecule has 5 rings (SSSR count). The maximum Gasteiger partial charge on any atom is 0.177 e. The summed E-state index contributed by atoms with van der Waals surface area (Å²) in [4.78, 5) is 14.8. The fraction of sp³-hybridized carbons (Fsp3) is 0.407. The van der Waals surface area contributed by atoms with Crippen molar-refractivity contribution in [3.8, 4) is 10.6 Å². The summed E-state index contributed by atoms with van der Waals surface area (Å²) in [5.41, 5.74) is 2.10. The van der Waals surface area contributed by atoms with Gasteiger partial charge in [-0.15, -0.1) is 11.3 Å². The number of halogens is 2. The number of benzene rings is 1. The number of fused-ring (bicyclic) bond motifs is 1. The first kappa shape index (κ1) is 26.5. The summed E-state index contributed by atoms with van der Waals surface area (Å²) in [6.45, 7) is 7.63. The van der Waals surface area contributed by atoms with Gasteiger partial charge in [-0.25, -0.2) is 4.39 Å². The smallest absolute Gasteiger partial charge is 0.177 e. The predicted molar refractivity (Wildman–Crippen MR) is 145 cm³/mol. The Hall–Kier alpha value is -2.52. The van der Waals surface area contributed by atoms with E-state index in [1.54, 1.807) is 12.1 Å². The third-order valence-electron chi connectivity index (χ3n) is 6.65. The van der Waals surface area contributed by atoms with Crippen LogP contribution in [0.25, 0.3) is 21.5 Å². The molecule has 1 aromatic carbocycles. The molecule has 1 saturated heterocycles. The van der Waals surface area contributed by atoms with Crippen LogP contribution in [-0.4, -0.2) is 53.1 Å². The second-order valence-electron chi connectivity index (χ2n) is 9.27. The molecule has 3 aromatic heterocycles. The first-order chi connectivity index (χ1) is 17.4. The van der Waals surface area contributed by atoms with Crippen LogP contribution in [0.4, 0.5) is 4.39 Å². The molecule has 0 radical (unpaired) electrons. The molecule has 36 heavy (non-hydrogen) atoms.